The lowest BCUT2D eigenvalue weighted by molar-refractivity contribution is -0.151. The van der Waals surface area contributed by atoms with Gasteiger partial charge in [0.1, 0.15) is 0 Å². The molecular weight excluding hydrogens is 488 g/mol. The maximum atomic E-state index is 13.4. The van der Waals surface area contributed by atoms with E-state index >= 15 is 0 Å². The van der Waals surface area contributed by atoms with Gasteiger partial charge in [-0.25, -0.2) is 0 Å². The van der Waals surface area contributed by atoms with Crippen molar-refractivity contribution in [3.63, 3.8) is 0 Å². The lowest BCUT2D eigenvalue weighted by Crippen LogP contribution is -2.43. The van der Waals surface area contributed by atoms with Crippen molar-refractivity contribution in [1.82, 2.24) is 4.90 Å². The Hall–Kier alpha value is -3.64. The molecule has 0 spiro atoms. The van der Waals surface area contributed by atoms with Crippen LogP contribution in [0.5, 0.6) is 0 Å². The molecule has 0 aromatic heterocycles. The molecule has 1 aliphatic rings. The Morgan fingerprint density at radius 1 is 0.946 bits per heavy atom. The molecule has 1 aliphatic heterocycles. The van der Waals surface area contributed by atoms with Crippen molar-refractivity contribution in [2.75, 3.05) is 24.6 Å². The van der Waals surface area contributed by atoms with Gasteiger partial charge < -0.3 is 14.5 Å². The minimum atomic E-state index is -0.259. The SMILES string of the molecule is CCOC(=O)C1CCCN(C(=O)Cc2ccc(N(Cc3ccccc3)C(=O)c3ccc(Cl)cc3)cc2)C1. The van der Waals surface area contributed by atoms with Gasteiger partial charge in [-0.05, 0) is 67.3 Å². The lowest BCUT2D eigenvalue weighted by atomic mass is 9.97. The topological polar surface area (TPSA) is 66.9 Å². The van der Waals surface area contributed by atoms with Gasteiger partial charge in [0.05, 0.1) is 25.5 Å². The number of hydrogen-bond acceptors (Lipinski definition) is 4. The largest absolute Gasteiger partial charge is 0.466 e. The van der Waals surface area contributed by atoms with E-state index in [4.69, 9.17) is 16.3 Å². The molecule has 0 saturated carbocycles. The molecule has 0 aliphatic carbocycles. The van der Waals surface area contributed by atoms with Crippen molar-refractivity contribution >= 4 is 35.1 Å². The number of halogens is 1. The number of likely N-dealkylation sites (tertiary alicyclic amines) is 1. The molecule has 0 N–H and O–H groups in total. The van der Waals surface area contributed by atoms with Gasteiger partial charge in [0.2, 0.25) is 5.91 Å². The van der Waals surface area contributed by atoms with Crippen LogP contribution >= 0.6 is 11.6 Å². The van der Waals surface area contributed by atoms with Gasteiger partial charge in [0.15, 0.2) is 0 Å². The summed E-state index contributed by atoms with van der Waals surface area (Å²) in [6.07, 6.45) is 1.77. The number of ether oxygens (including phenoxy) is 1. The Morgan fingerprint density at radius 3 is 2.32 bits per heavy atom. The average Bonchev–Trinajstić information content (AvgIpc) is 2.93. The maximum Gasteiger partial charge on any atom is 0.310 e. The van der Waals surface area contributed by atoms with Crippen LogP contribution in [0.15, 0.2) is 78.9 Å². The zero-order valence-electron chi connectivity index (χ0n) is 20.9. The van der Waals surface area contributed by atoms with Crippen LogP contribution < -0.4 is 4.90 Å². The smallest absolute Gasteiger partial charge is 0.310 e. The van der Waals surface area contributed by atoms with Gasteiger partial charge in [0, 0.05) is 29.4 Å². The van der Waals surface area contributed by atoms with E-state index in [0.29, 0.717) is 36.8 Å². The quantitative estimate of drug-likeness (QED) is 0.368. The van der Waals surface area contributed by atoms with Crippen LogP contribution in [0.25, 0.3) is 0 Å². The highest BCUT2D eigenvalue weighted by molar-refractivity contribution is 6.30. The number of nitrogens with zero attached hydrogens (tertiary/aromatic N) is 2. The van der Waals surface area contributed by atoms with E-state index in [1.165, 1.54) is 0 Å². The number of anilines is 1. The molecule has 3 aromatic carbocycles. The fourth-order valence-electron chi connectivity index (χ4n) is 4.53. The first-order valence-electron chi connectivity index (χ1n) is 12.6. The minimum absolute atomic E-state index is 0.0138. The monoisotopic (exact) mass is 518 g/mol. The molecule has 1 atom stereocenters. The minimum Gasteiger partial charge on any atom is -0.466 e. The average molecular weight is 519 g/mol. The summed E-state index contributed by atoms with van der Waals surface area (Å²) in [6.45, 7) is 3.59. The highest BCUT2D eigenvalue weighted by Gasteiger charge is 2.29. The molecule has 4 rings (SSSR count). The first-order valence-corrected chi connectivity index (χ1v) is 13.0. The third kappa shape index (κ3) is 6.98. The number of rotatable bonds is 8. The van der Waals surface area contributed by atoms with Crippen molar-refractivity contribution in [3.05, 3.63) is 101 Å². The van der Waals surface area contributed by atoms with E-state index in [2.05, 4.69) is 0 Å². The molecule has 1 heterocycles. The number of carbonyl (C=O) groups is 3. The summed E-state index contributed by atoms with van der Waals surface area (Å²) in [7, 11) is 0. The molecule has 1 saturated heterocycles. The van der Waals surface area contributed by atoms with Crippen LogP contribution in [0.3, 0.4) is 0 Å². The van der Waals surface area contributed by atoms with E-state index in [0.717, 1.165) is 29.7 Å². The van der Waals surface area contributed by atoms with Crippen LogP contribution in [0.2, 0.25) is 5.02 Å². The number of hydrogen-bond donors (Lipinski definition) is 0. The molecule has 1 unspecified atom stereocenters. The molecule has 37 heavy (non-hydrogen) atoms. The molecule has 3 aromatic rings. The van der Waals surface area contributed by atoms with E-state index in [1.54, 1.807) is 41.0 Å². The standard InChI is InChI=1S/C30H31ClN2O4/c1-2-37-30(36)25-9-6-18-32(21-25)28(34)19-22-10-16-27(17-11-22)33(20-23-7-4-3-5-8-23)29(35)24-12-14-26(31)15-13-24/h3-5,7-8,10-17,25H,2,6,9,18-21H2,1H3. The van der Waals surface area contributed by atoms with Gasteiger partial charge in [-0.3, -0.25) is 14.4 Å². The van der Waals surface area contributed by atoms with Gasteiger partial charge in [0.25, 0.3) is 5.91 Å². The molecule has 1 fully saturated rings. The highest BCUT2D eigenvalue weighted by Crippen LogP contribution is 2.23. The summed E-state index contributed by atoms with van der Waals surface area (Å²) >= 11 is 6.02. The summed E-state index contributed by atoms with van der Waals surface area (Å²) in [6, 6.07) is 24.2. The Bertz CT molecular complexity index is 1210. The summed E-state index contributed by atoms with van der Waals surface area (Å²) in [4.78, 5) is 42.0. The molecule has 2 amide bonds. The van der Waals surface area contributed by atoms with Gasteiger partial charge >= 0.3 is 5.97 Å². The van der Waals surface area contributed by atoms with Crippen LogP contribution in [-0.2, 0) is 27.3 Å². The van der Waals surface area contributed by atoms with E-state index in [-0.39, 0.29) is 30.1 Å². The van der Waals surface area contributed by atoms with Crippen LogP contribution in [0, 0.1) is 5.92 Å². The van der Waals surface area contributed by atoms with E-state index < -0.39 is 0 Å². The number of piperidine rings is 1. The van der Waals surface area contributed by atoms with Crippen LogP contribution in [0.4, 0.5) is 5.69 Å². The Morgan fingerprint density at radius 2 is 1.65 bits per heavy atom. The Labute approximate surface area is 222 Å². The number of carbonyl (C=O) groups excluding carboxylic acids is 3. The molecule has 7 heteroatoms. The molecular formula is C30H31ClN2O4. The zero-order chi connectivity index (χ0) is 26.2. The van der Waals surface area contributed by atoms with Crippen molar-refractivity contribution in [3.8, 4) is 0 Å². The normalized spacial score (nSPS) is 15.2. The zero-order valence-corrected chi connectivity index (χ0v) is 21.7. The lowest BCUT2D eigenvalue weighted by Gasteiger charge is -2.31. The second-order valence-corrected chi connectivity index (χ2v) is 9.59. The predicted molar refractivity (Wildman–Crippen MR) is 144 cm³/mol. The number of benzene rings is 3. The molecule has 6 nitrogen and oxygen atoms in total. The fourth-order valence-corrected chi connectivity index (χ4v) is 4.66. The van der Waals surface area contributed by atoms with Crippen LogP contribution in [-0.4, -0.2) is 42.4 Å². The third-order valence-corrected chi connectivity index (χ3v) is 6.77. The number of amides is 2. The molecule has 192 valence electrons. The summed E-state index contributed by atoms with van der Waals surface area (Å²) in [5.74, 6) is -0.638. The summed E-state index contributed by atoms with van der Waals surface area (Å²) in [5.41, 5.74) is 3.14. The van der Waals surface area contributed by atoms with Crippen molar-refractivity contribution < 1.29 is 19.1 Å². The fraction of sp³-hybridized carbons (Fsp3) is 0.300. The van der Waals surface area contributed by atoms with Crippen LogP contribution in [0.1, 0.15) is 41.3 Å². The van der Waals surface area contributed by atoms with Crippen molar-refractivity contribution in [2.45, 2.75) is 32.7 Å². The van der Waals surface area contributed by atoms with E-state index in [9.17, 15) is 14.4 Å². The Balaban J connectivity index is 1.48. The second kappa shape index (κ2) is 12.5. The first kappa shape index (κ1) is 26.4. The highest BCUT2D eigenvalue weighted by atomic mass is 35.5. The van der Waals surface area contributed by atoms with Crippen molar-refractivity contribution in [2.24, 2.45) is 5.92 Å². The van der Waals surface area contributed by atoms with Gasteiger partial charge in [-0.2, -0.15) is 0 Å². The second-order valence-electron chi connectivity index (χ2n) is 9.16. The van der Waals surface area contributed by atoms with Gasteiger partial charge in [-0.15, -0.1) is 0 Å². The molecule has 0 radical (unpaired) electrons. The van der Waals surface area contributed by atoms with Crippen molar-refractivity contribution in [1.29, 1.82) is 0 Å². The predicted octanol–water partition coefficient (Wildman–Crippen LogP) is 5.53. The third-order valence-electron chi connectivity index (χ3n) is 6.52. The van der Waals surface area contributed by atoms with Gasteiger partial charge in [-0.1, -0.05) is 54.1 Å². The van der Waals surface area contributed by atoms with E-state index in [1.807, 2.05) is 54.6 Å². The summed E-state index contributed by atoms with van der Waals surface area (Å²) < 4.78 is 5.15. The maximum absolute atomic E-state index is 13.4. The first-order chi connectivity index (χ1) is 17.9. The molecule has 0 bridgehead atoms. The Kier molecular flexibility index (Phi) is 8.96. The number of esters is 1. The summed E-state index contributed by atoms with van der Waals surface area (Å²) in [5, 5.41) is 0.572.